The molecule has 0 radical (unpaired) electrons. The van der Waals surface area contributed by atoms with E-state index in [4.69, 9.17) is 0 Å². The lowest BCUT2D eigenvalue weighted by Gasteiger charge is -2.29. The number of rotatable bonds is 8. The van der Waals surface area contributed by atoms with Crippen molar-refractivity contribution in [2.24, 2.45) is 0 Å². The van der Waals surface area contributed by atoms with Gasteiger partial charge in [0.1, 0.15) is 6.33 Å². The van der Waals surface area contributed by atoms with Gasteiger partial charge in [0.25, 0.3) is 5.91 Å². The minimum atomic E-state index is -0.199. The molecule has 1 amide bonds. The van der Waals surface area contributed by atoms with Crippen LogP contribution < -0.4 is 5.32 Å². The molecule has 0 saturated carbocycles. The Kier molecular flexibility index (Phi) is 6.95. The molecule has 0 bridgehead atoms. The third-order valence-corrected chi connectivity index (χ3v) is 4.87. The Labute approximate surface area is 160 Å². The molecule has 1 atom stereocenters. The molecule has 0 aliphatic carbocycles. The van der Waals surface area contributed by atoms with Gasteiger partial charge in [0, 0.05) is 30.8 Å². The minimum absolute atomic E-state index is 0.0600. The number of aromatic nitrogens is 3. The van der Waals surface area contributed by atoms with Gasteiger partial charge in [0.05, 0.1) is 6.10 Å². The predicted octanol–water partition coefficient (Wildman–Crippen LogP) is 1.93. The maximum Gasteiger partial charge on any atom is 0.251 e. The summed E-state index contributed by atoms with van der Waals surface area (Å²) in [6.45, 7) is 6.26. The Morgan fingerprint density at radius 1 is 1.30 bits per heavy atom. The quantitative estimate of drug-likeness (QED) is 0.693. The van der Waals surface area contributed by atoms with E-state index in [0.717, 1.165) is 63.3 Å². The number of nitrogens with zero attached hydrogens (tertiary/aromatic N) is 4. The summed E-state index contributed by atoms with van der Waals surface area (Å²) < 4.78 is 1.88. The molecule has 2 aromatic rings. The van der Waals surface area contributed by atoms with Gasteiger partial charge in [-0.2, -0.15) is 5.10 Å². The summed E-state index contributed by atoms with van der Waals surface area (Å²) in [5, 5.41) is 16.9. The van der Waals surface area contributed by atoms with E-state index in [1.165, 1.54) is 0 Å². The van der Waals surface area contributed by atoms with Crippen molar-refractivity contribution < 1.29 is 9.90 Å². The van der Waals surface area contributed by atoms with Crippen molar-refractivity contribution in [1.29, 1.82) is 0 Å². The van der Waals surface area contributed by atoms with E-state index < -0.39 is 0 Å². The number of carbonyl (C=O) groups is 1. The Bertz CT molecular complexity index is 728. The highest BCUT2D eigenvalue weighted by Crippen LogP contribution is 2.17. The first-order valence-corrected chi connectivity index (χ1v) is 9.84. The first-order chi connectivity index (χ1) is 13.2. The van der Waals surface area contributed by atoms with Crippen LogP contribution in [0.3, 0.4) is 0 Å². The highest BCUT2D eigenvalue weighted by Gasteiger charge is 2.17. The average molecular weight is 371 g/mol. The van der Waals surface area contributed by atoms with Crippen LogP contribution in [-0.2, 0) is 6.54 Å². The third kappa shape index (κ3) is 5.37. The summed E-state index contributed by atoms with van der Waals surface area (Å²) in [5.74, 6) is 0.766. The molecule has 3 rings (SSSR count). The van der Waals surface area contributed by atoms with Gasteiger partial charge in [0.15, 0.2) is 5.82 Å². The van der Waals surface area contributed by atoms with Gasteiger partial charge in [-0.15, -0.1) is 0 Å². The number of likely N-dealkylation sites (tertiary alicyclic amines) is 1. The Hall–Kier alpha value is -2.25. The van der Waals surface area contributed by atoms with Crippen LogP contribution in [0, 0.1) is 0 Å². The van der Waals surface area contributed by atoms with Gasteiger partial charge in [-0.1, -0.05) is 19.1 Å². The van der Waals surface area contributed by atoms with Crippen LogP contribution in [0.4, 0.5) is 0 Å². The standard InChI is InChI=1S/C20H29N5O2/c1-2-11-25-19(22-15-23-25)16-6-8-17(9-7-16)20(27)21-10-4-13-24-12-3-5-18(26)14-24/h6-9,15,18,26H,2-5,10-14H2,1H3,(H,21,27)/t18-/m0/s1. The number of aryl methyl sites for hydroxylation is 1. The van der Waals surface area contributed by atoms with Crippen molar-refractivity contribution in [3.8, 4) is 11.4 Å². The van der Waals surface area contributed by atoms with Crippen molar-refractivity contribution in [3.63, 3.8) is 0 Å². The smallest absolute Gasteiger partial charge is 0.251 e. The molecule has 1 aliphatic rings. The molecule has 1 aromatic carbocycles. The minimum Gasteiger partial charge on any atom is -0.392 e. The van der Waals surface area contributed by atoms with E-state index >= 15 is 0 Å². The second kappa shape index (κ2) is 9.62. The number of carbonyl (C=O) groups excluding carboxylic acids is 1. The highest BCUT2D eigenvalue weighted by molar-refractivity contribution is 5.94. The maximum absolute atomic E-state index is 12.3. The molecule has 1 aromatic heterocycles. The zero-order chi connectivity index (χ0) is 19.1. The summed E-state index contributed by atoms with van der Waals surface area (Å²) in [4.78, 5) is 18.9. The lowest BCUT2D eigenvalue weighted by atomic mass is 10.1. The number of amides is 1. The maximum atomic E-state index is 12.3. The summed E-state index contributed by atoms with van der Waals surface area (Å²) in [6.07, 6.45) is 5.19. The fraction of sp³-hybridized carbons (Fsp3) is 0.550. The molecule has 1 aliphatic heterocycles. The van der Waals surface area contributed by atoms with Gasteiger partial charge in [0.2, 0.25) is 0 Å². The van der Waals surface area contributed by atoms with E-state index in [2.05, 4.69) is 27.2 Å². The number of β-amino-alcohol motifs (C(OH)–C–C–N with tert-alkyl or cyclic N) is 1. The fourth-order valence-electron chi connectivity index (χ4n) is 3.47. The molecule has 27 heavy (non-hydrogen) atoms. The number of piperidine rings is 1. The van der Waals surface area contributed by atoms with Gasteiger partial charge in [-0.05, 0) is 50.9 Å². The lowest BCUT2D eigenvalue weighted by Crippen LogP contribution is -2.39. The first kappa shape index (κ1) is 19.5. The van der Waals surface area contributed by atoms with Gasteiger partial charge >= 0.3 is 0 Å². The summed E-state index contributed by atoms with van der Waals surface area (Å²) in [5.41, 5.74) is 1.61. The topological polar surface area (TPSA) is 83.3 Å². The number of aliphatic hydroxyl groups is 1. The van der Waals surface area contributed by atoms with Crippen LogP contribution in [0.15, 0.2) is 30.6 Å². The van der Waals surface area contributed by atoms with E-state index in [0.29, 0.717) is 12.1 Å². The molecule has 146 valence electrons. The SMILES string of the molecule is CCCn1ncnc1-c1ccc(C(=O)NCCCN2CCC[C@H](O)C2)cc1. The number of hydrogen-bond acceptors (Lipinski definition) is 5. The van der Waals surface area contributed by atoms with Gasteiger partial charge in [-0.25, -0.2) is 9.67 Å². The largest absolute Gasteiger partial charge is 0.392 e. The van der Waals surface area contributed by atoms with Crippen LogP contribution in [0.2, 0.25) is 0 Å². The van der Waals surface area contributed by atoms with Crippen molar-refractivity contribution in [2.75, 3.05) is 26.2 Å². The van der Waals surface area contributed by atoms with Crippen LogP contribution in [0.5, 0.6) is 0 Å². The van der Waals surface area contributed by atoms with Crippen LogP contribution >= 0.6 is 0 Å². The van der Waals surface area contributed by atoms with E-state index in [1.54, 1.807) is 6.33 Å². The lowest BCUT2D eigenvalue weighted by molar-refractivity contribution is 0.0697. The van der Waals surface area contributed by atoms with Crippen molar-refractivity contribution in [1.82, 2.24) is 25.0 Å². The molecular weight excluding hydrogens is 342 g/mol. The van der Waals surface area contributed by atoms with Crippen molar-refractivity contribution >= 4 is 5.91 Å². The van der Waals surface area contributed by atoms with E-state index in [1.807, 2.05) is 28.9 Å². The van der Waals surface area contributed by atoms with E-state index in [-0.39, 0.29) is 12.0 Å². The molecule has 7 heteroatoms. The fourth-order valence-corrected chi connectivity index (χ4v) is 3.47. The summed E-state index contributed by atoms with van der Waals surface area (Å²) >= 11 is 0. The molecule has 0 spiro atoms. The molecule has 1 fully saturated rings. The van der Waals surface area contributed by atoms with Crippen molar-refractivity contribution in [3.05, 3.63) is 36.2 Å². The molecule has 0 unspecified atom stereocenters. The average Bonchev–Trinajstić information content (AvgIpc) is 3.14. The number of aliphatic hydroxyl groups excluding tert-OH is 1. The number of benzene rings is 1. The van der Waals surface area contributed by atoms with Crippen molar-refractivity contribution in [2.45, 2.75) is 45.3 Å². The number of hydrogen-bond donors (Lipinski definition) is 2. The second-order valence-electron chi connectivity index (χ2n) is 7.09. The summed E-state index contributed by atoms with van der Waals surface area (Å²) in [6, 6.07) is 7.49. The molecule has 1 saturated heterocycles. The van der Waals surface area contributed by atoms with Crippen LogP contribution in [0.1, 0.15) is 43.0 Å². The van der Waals surface area contributed by atoms with E-state index in [9.17, 15) is 9.90 Å². The van der Waals surface area contributed by atoms with Crippen LogP contribution in [-0.4, -0.2) is 63.0 Å². The van der Waals surface area contributed by atoms with Gasteiger partial charge < -0.3 is 15.3 Å². The molecule has 7 nitrogen and oxygen atoms in total. The normalized spacial score (nSPS) is 17.8. The Morgan fingerprint density at radius 3 is 2.85 bits per heavy atom. The molecule has 2 N–H and O–H groups in total. The monoisotopic (exact) mass is 371 g/mol. The molecule has 2 heterocycles. The predicted molar refractivity (Wildman–Crippen MR) is 104 cm³/mol. The molecular formula is C20H29N5O2. The zero-order valence-corrected chi connectivity index (χ0v) is 16.0. The first-order valence-electron chi connectivity index (χ1n) is 9.84. The van der Waals surface area contributed by atoms with Gasteiger partial charge in [-0.3, -0.25) is 4.79 Å². The Balaban J connectivity index is 1.47. The summed E-state index contributed by atoms with van der Waals surface area (Å²) in [7, 11) is 0. The van der Waals surface area contributed by atoms with Crippen LogP contribution in [0.25, 0.3) is 11.4 Å². The second-order valence-corrected chi connectivity index (χ2v) is 7.09. The zero-order valence-electron chi connectivity index (χ0n) is 16.0. The third-order valence-electron chi connectivity index (χ3n) is 4.87. The number of nitrogens with one attached hydrogen (secondary N) is 1. The Morgan fingerprint density at radius 2 is 2.11 bits per heavy atom. The highest BCUT2D eigenvalue weighted by atomic mass is 16.3.